The molecule has 2 aromatic rings. The molecule has 1 aliphatic rings. The molecule has 3 rings (SSSR count). The number of benzene rings is 1. The predicted molar refractivity (Wildman–Crippen MR) is 66.4 cm³/mol. The Balaban J connectivity index is 2.18. The lowest BCUT2D eigenvalue weighted by molar-refractivity contribution is -0.265. The van der Waals surface area contributed by atoms with Crippen molar-refractivity contribution in [2.24, 2.45) is 0 Å². The van der Waals surface area contributed by atoms with Crippen molar-refractivity contribution in [3.05, 3.63) is 46.3 Å². The van der Waals surface area contributed by atoms with Crippen molar-refractivity contribution in [2.75, 3.05) is 13.2 Å². The molecule has 0 amide bonds. The van der Waals surface area contributed by atoms with Gasteiger partial charge < -0.3 is 13.9 Å². The summed E-state index contributed by atoms with van der Waals surface area (Å²) in [6, 6.07) is 7.16. The molecule has 1 aliphatic heterocycles. The maximum atomic E-state index is 12.4. The molecule has 0 spiro atoms. The Labute approximate surface area is 104 Å². The molecule has 1 fully saturated rings. The molecule has 0 unspecified atom stereocenters. The Morgan fingerprint density at radius 3 is 2.67 bits per heavy atom. The molecular formula is C14H14O4. The summed E-state index contributed by atoms with van der Waals surface area (Å²) in [4.78, 5) is 12.4. The van der Waals surface area contributed by atoms with Crippen molar-refractivity contribution >= 4 is 11.0 Å². The van der Waals surface area contributed by atoms with Gasteiger partial charge in [-0.05, 0) is 25.5 Å². The smallest absolute Gasteiger partial charge is 0.201 e. The van der Waals surface area contributed by atoms with Crippen LogP contribution in [0, 0.1) is 0 Å². The van der Waals surface area contributed by atoms with Crippen LogP contribution >= 0.6 is 0 Å². The van der Waals surface area contributed by atoms with Gasteiger partial charge in [0.1, 0.15) is 11.8 Å². The lowest BCUT2D eigenvalue weighted by Gasteiger charge is -2.33. The molecule has 18 heavy (non-hydrogen) atoms. The highest BCUT2D eigenvalue weighted by Crippen LogP contribution is 2.29. The summed E-state index contributed by atoms with van der Waals surface area (Å²) in [6.07, 6.45) is 2.28. The highest BCUT2D eigenvalue weighted by Gasteiger charge is 2.34. The minimum absolute atomic E-state index is 0.0961. The molecule has 4 nitrogen and oxygen atoms in total. The van der Waals surface area contributed by atoms with Crippen LogP contribution in [0.5, 0.6) is 0 Å². The van der Waals surface area contributed by atoms with E-state index in [-0.39, 0.29) is 5.43 Å². The third kappa shape index (κ3) is 1.74. The number of para-hydroxylation sites is 1. The van der Waals surface area contributed by atoms with Crippen molar-refractivity contribution in [1.82, 2.24) is 0 Å². The largest absolute Gasteiger partial charge is 0.464 e. The Morgan fingerprint density at radius 1 is 1.17 bits per heavy atom. The first kappa shape index (κ1) is 11.4. The molecule has 94 valence electrons. The molecule has 0 N–H and O–H groups in total. The van der Waals surface area contributed by atoms with Gasteiger partial charge in [0.25, 0.3) is 0 Å². The van der Waals surface area contributed by atoms with Crippen molar-refractivity contribution < 1.29 is 13.9 Å². The monoisotopic (exact) mass is 246 g/mol. The van der Waals surface area contributed by atoms with E-state index in [2.05, 4.69) is 0 Å². The minimum atomic E-state index is -0.997. The van der Waals surface area contributed by atoms with Gasteiger partial charge in [-0.15, -0.1) is 0 Å². The second kappa shape index (κ2) is 4.23. The Hall–Kier alpha value is -1.65. The molecule has 1 saturated heterocycles. The van der Waals surface area contributed by atoms with Crippen molar-refractivity contribution in [1.29, 1.82) is 0 Å². The van der Waals surface area contributed by atoms with E-state index in [4.69, 9.17) is 13.9 Å². The summed E-state index contributed by atoms with van der Waals surface area (Å²) in [5, 5.41) is 0.550. The van der Waals surface area contributed by atoms with Crippen LogP contribution in [0.1, 0.15) is 18.9 Å². The second-order valence-electron chi connectivity index (χ2n) is 4.47. The maximum Gasteiger partial charge on any atom is 0.201 e. The number of fused-ring (bicyclic) bond motifs is 1. The van der Waals surface area contributed by atoms with Crippen LogP contribution in [0.3, 0.4) is 0 Å². The van der Waals surface area contributed by atoms with Gasteiger partial charge in [0.15, 0.2) is 5.79 Å². The number of ether oxygens (including phenoxy) is 2. The summed E-state index contributed by atoms with van der Waals surface area (Å²) in [7, 11) is 0. The maximum absolute atomic E-state index is 12.4. The van der Waals surface area contributed by atoms with E-state index in [1.54, 1.807) is 19.1 Å². The molecule has 1 aromatic carbocycles. The van der Waals surface area contributed by atoms with Gasteiger partial charge in [-0.2, -0.15) is 0 Å². The highest BCUT2D eigenvalue weighted by molar-refractivity contribution is 5.76. The van der Waals surface area contributed by atoms with E-state index in [1.165, 1.54) is 6.26 Å². The molecule has 0 radical (unpaired) electrons. The SMILES string of the molecule is CC1(c2coc3ccccc3c2=O)OCCCO1. The number of hydrogen-bond acceptors (Lipinski definition) is 4. The average molecular weight is 246 g/mol. The van der Waals surface area contributed by atoms with Crippen molar-refractivity contribution in [3.63, 3.8) is 0 Å². The van der Waals surface area contributed by atoms with Crippen LogP contribution in [-0.2, 0) is 15.3 Å². The second-order valence-corrected chi connectivity index (χ2v) is 4.47. The first-order valence-corrected chi connectivity index (χ1v) is 6.00. The standard InChI is InChI=1S/C14H14O4/c1-14(17-7-4-8-18-14)11-9-16-12-6-3-2-5-10(12)13(11)15/h2-3,5-6,9H,4,7-8H2,1H3. The van der Waals surface area contributed by atoms with E-state index in [0.717, 1.165) is 6.42 Å². The van der Waals surface area contributed by atoms with E-state index in [0.29, 0.717) is 29.7 Å². The Morgan fingerprint density at radius 2 is 1.89 bits per heavy atom. The summed E-state index contributed by atoms with van der Waals surface area (Å²) >= 11 is 0. The first-order valence-electron chi connectivity index (χ1n) is 6.00. The van der Waals surface area contributed by atoms with Crippen LogP contribution in [0.2, 0.25) is 0 Å². The van der Waals surface area contributed by atoms with E-state index >= 15 is 0 Å². The van der Waals surface area contributed by atoms with Crippen LogP contribution in [0.25, 0.3) is 11.0 Å². The molecule has 0 saturated carbocycles. The predicted octanol–water partition coefficient (Wildman–Crippen LogP) is 2.40. The van der Waals surface area contributed by atoms with E-state index in [1.807, 2.05) is 12.1 Å². The molecular weight excluding hydrogens is 232 g/mol. The fourth-order valence-corrected chi connectivity index (χ4v) is 2.18. The molecule has 2 heterocycles. The normalized spacial score (nSPS) is 18.9. The van der Waals surface area contributed by atoms with Crippen LogP contribution in [-0.4, -0.2) is 13.2 Å². The van der Waals surface area contributed by atoms with Crippen LogP contribution in [0.15, 0.2) is 39.7 Å². The fraction of sp³-hybridized carbons (Fsp3) is 0.357. The van der Waals surface area contributed by atoms with Crippen molar-refractivity contribution in [3.8, 4) is 0 Å². The highest BCUT2D eigenvalue weighted by atomic mass is 16.7. The Kier molecular flexibility index (Phi) is 2.69. The quantitative estimate of drug-likeness (QED) is 0.775. The molecule has 0 bridgehead atoms. The average Bonchev–Trinajstić information content (AvgIpc) is 2.40. The first-order chi connectivity index (χ1) is 8.71. The molecule has 1 aromatic heterocycles. The summed E-state index contributed by atoms with van der Waals surface area (Å²) < 4.78 is 16.7. The van der Waals surface area contributed by atoms with Gasteiger partial charge in [-0.25, -0.2) is 0 Å². The summed E-state index contributed by atoms with van der Waals surface area (Å²) in [6.45, 7) is 2.93. The van der Waals surface area contributed by atoms with E-state index in [9.17, 15) is 4.79 Å². The lowest BCUT2D eigenvalue weighted by atomic mass is 10.1. The van der Waals surface area contributed by atoms with Gasteiger partial charge in [-0.1, -0.05) is 12.1 Å². The van der Waals surface area contributed by atoms with Gasteiger partial charge >= 0.3 is 0 Å². The molecule has 4 heteroatoms. The summed E-state index contributed by atoms with van der Waals surface area (Å²) in [5.41, 5.74) is 0.896. The number of rotatable bonds is 1. The van der Waals surface area contributed by atoms with E-state index < -0.39 is 5.79 Å². The van der Waals surface area contributed by atoms with Gasteiger partial charge in [0, 0.05) is 0 Å². The lowest BCUT2D eigenvalue weighted by Crippen LogP contribution is -2.38. The zero-order chi connectivity index (χ0) is 12.6. The summed E-state index contributed by atoms with van der Waals surface area (Å²) in [5.74, 6) is -0.997. The fourth-order valence-electron chi connectivity index (χ4n) is 2.18. The van der Waals surface area contributed by atoms with Gasteiger partial charge in [-0.3, -0.25) is 4.79 Å². The van der Waals surface area contributed by atoms with Crippen LogP contribution in [0.4, 0.5) is 0 Å². The third-order valence-electron chi connectivity index (χ3n) is 3.21. The Bertz CT molecular complexity index is 623. The zero-order valence-corrected chi connectivity index (χ0v) is 10.1. The van der Waals surface area contributed by atoms with Gasteiger partial charge in [0.2, 0.25) is 5.43 Å². The minimum Gasteiger partial charge on any atom is -0.464 e. The molecule has 0 atom stereocenters. The topological polar surface area (TPSA) is 48.7 Å². The molecule has 0 aliphatic carbocycles. The van der Waals surface area contributed by atoms with Crippen molar-refractivity contribution in [2.45, 2.75) is 19.1 Å². The van der Waals surface area contributed by atoms with Gasteiger partial charge in [0.05, 0.1) is 24.2 Å². The third-order valence-corrected chi connectivity index (χ3v) is 3.21. The van der Waals surface area contributed by atoms with Crippen LogP contribution < -0.4 is 5.43 Å². The zero-order valence-electron chi connectivity index (χ0n) is 10.1. The number of hydrogen-bond donors (Lipinski definition) is 0.